The second kappa shape index (κ2) is 8.41. The molecule has 0 saturated carbocycles. The number of rotatable bonds is 6. The number of carbonyl (C=O) groups excluding carboxylic acids is 2. The van der Waals surface area contributed by atoms with E-state index in [1.807, 2.05) is 61.5 Å². The molecule has 1 saturated heterocycles. The summed E-state index contributed by atoms with van der Waals surface area (Å²) in [6.07, 6.45) is 4.16. The van der Waals surface area contributed by atoms with Crippen molar-refractivity contribution in [3.63, 3.8) is 0 Å². The highest BCUT2D eigenvalue weighted by Crippen LogP contribution is 2.27. The molecule has 3 rings (SSSR count). The van der Waals surface area contributed by atoms with Gasteiger partial charge in [0.1, 0.15) is 0 Å². The zero-order chi connectivity index (χ0) is 18.5. The molecule has 0 bridgehead atoms. The van der Waals surface area contributed by atoms with Gasteiger partial charge in [0.2, 0.25) is 0 Å². The van der Waals surface area contributed by atoms with E-state index >= 15 is 0 Å². The molecule has 1 heterocycles. The van der Waals surface area contributed by atoms with Crippen LogP contribution in [0.3, 0.4) is 0 Å². The van der Waals surface area contributed by atoms with Crippen molar-refractivity contribution < 1.29 is 9.59 Å². The summed E-state index contributed by atoms with van der Waals surface area (Å²) in [7, 11) is 2.06. The van der Waals surface area contributed by atoms with E-state index in [-0.39, 0.29) is 23.7 Å². The van der Waals surface area contributed by atoms with Crippen LogP contribution in [0, 0.1) is 6.92 Å². The van der Waals surface area contributed by atoms with Crippen molar-refractivity contribution in [2.45, 2.75) is 51.1 Å². The highest BCUT2D eigenvalue weighted by atomic mass is 16.1. The summed E-state index contributed by atoms with van der Waals surface area (Å²) >= 11 is 0. The van der Waals surface area contributed by atoms with Crippen LogP contribution in [0.25, 0.3) is 0 Å². The van der Waals surface area contributed by atoms with E-state index in [1.165, 1.54) is 0 Å². The number of aryl methyl sites for hydroxylation is 1. The fourth-order valence-corrected chi connectivity index (χ4v) is 3.81. The van der Waals surface area contributed by atoms with Crippen LogP contribution in [0.2, 0.25) is 0 Å². The zero-order valence-corrected chi connectivity index (χ0v) is 15.7. The third-order valence-electron chi connectivity index (χ3n) is 5.54. The Labute approximate surface area is 156 Å². The molecule has 3 nitrogen and oxygen atoms in total. The molecule has 0 aliphatic carbocycles. The first-order chi connectivity index (χ1) is 12.5. The third-order valence-corrected chi connectivity index (χ3v) is 5.54. The lowest BCUT2D eigenvalue weighted by Gasteiger charge is -2.39. The Hall–Kier alpha value is -2.26. The minimum Gasteiger partial charge on any atom is -0.300 e. The third kappa shape index (κ3) is 4.47. The van der Waals surface area contributed by atoms with E-state index in [2.05, 4.69) is 11.9 Å². The van der Waals surface area contributed by atoms with Gasteiger partial charge in [-0.25, -0.2) is 0 Å². The molecule has 2 aromatic carbocycles. The van der Waals surface area contributed by atoms with E-state index in [0.29, 0.717) is 12.8 Å². The van der Waals surface area contributed by atoms with Gasteiger partial charge < -0.3 is 0 Å². The standard InChI is InChI=1S/C23H27NO2/c1-17-11-13-19(14-12-17)23(26)16-21-10-6-9-20(24(21)2)15-22(25)18-7-4-3-5-8-18/h3-5,7-8,11-14,20-21H,6,9-10,15-16H2,1-2H3. The van der Waals surface area contributed by atoms with Crippen LogP contribution in [0.5, 0.6) is 0 Å². The maximum absolute atomic E-state index is 12.6. The van der Waals surface area contributed by atoms with Gasteiger partial charge in [-0.05, 0) is 26.8 Å². The van der Waals surface area contributed by atoms with Gasteiger partial charge in [-0.2, -0.15) is 0 Å². The Morgan fingerprint density at radius 1 is 0.846 bits per heavy atom. The molecule has 1 fully saturated rings. The first-order valence-electron chi connectivity index (χ1n) is 9.44. The van der Waals surface area contributed by atoms with Gasteiger partial charge in [0.15, 0.2) is 11.6 Å². The molecule has 0 N–H and O–H groups in total. The van der Waals surface area contributed by atoms with Crippen molar-refractivity contribution in [2.75, 3.05) is 7.05 Å². The Morgan fingerprint density at radius 2 is 1.35 bits per heavy atom. The Morgan fingerprint density at radius 3 is 1.88 bits per heavy atom. The van der Waals surface area contributed by atoms with Crippen LogP contribution in [-0.2, 0) is 0 Å². The number of hydrogen-bond acceptors (Lipinski definition) is 3. The van der Waals surface area contributed by atoms with E-state index in [9.17, 15) is 9.59 Å². The lowest BCUT2D eigenvalue weighted by molar-refractivity contribution is 0.0723. The normalized spacial score (nSPS) is 20.7. The summed E-state index contributed by atoms with van der Waals surface area (Å²) in [4.78, 5) is 27.4. The fourth-order valence-electron chi connectivity index (χ4n) is 3.81. The molecule has 2 unspecified atom stereocenters. The summed E-state index contributed by atoms with van der Waals surface area (Å²) in [5, 5.41) is 0. The fraction of sp³-hybridized carbons (Fsp3) is 0.391. The molecular weight excluding hydrogens is 322 g/mol. The minimum absolute atomic E-state index is 0.188. The Kier molecular flexibility index (Phi) is 6.00. The van der Waals surface area contributed by atoms with Crippen molar-refractivity contribution in [3.8, 4) is 0 Å². The van der Waals surface area contributed by atoms with Gasteiger partial charge >= 0.3 is 0 Å². The molecule has 0 spiro atoms. The second-order valence-corrected chi connectivity index (χ2v) is 7.39. The van der Waals surface area contributed by atoms with Crippen LogP contribution in [0.4, 0.5) is 0 Å². The quantitative estimate of drug-likeness (QED) is 0.710. The van der Waals surface area contributed by atoms with Gasteiger partial charge in [-0.3, -0.25) is 14.5 Å². The lowest BCUT2D eigenvalue weighted by Crippen LogP contribution is -2.45. The molecule has 0 amide bonds. The number of nitrogens with zero attached hydrogens (tertiary/aromatic N) is 1. The largest absolute Gasteiger partial charge is 0.300 e. The number of carbonyl (C=O) groups is 2. The molecule has 2 atom stereocenters. The average molecular weight is 349 g/mol. The summed E-state index contributed by atoms with van der Waals surface area (Å²) in [5.74, 6) is 0.379. The summed E-state index contributed by atoms with van der Waals surface area (Å²) in [6, 6.07) is 17.7. The highest BCUT2D eigenvalue weighted by molar-refractivity contribution is 5.97. The molecule has 26 heavy (non-hydrogen) atoms. The van der Waals surface area contributed by atoms with Crippen LogP contribution in [0.15, 0.2) is 54.6 Å². The maximum atomic E-state index is 12.6. The molecule has 2 aromatic rings. The average Bonchev–Trinajstić information content (AvgIpc) is 2.66. The van der Waals surface area contributed by atoms with Gasteiger partial charge in [0.25, 0.3) is 0 Å². The topological polar surface area (TPSA) is 37.4 Å². The van der Waals surface area contributed by atoms with E-state index in [4.69, 9.17) is 0 Å². The molecule has 3 heteroatoms. The van der Waals surface area contributed by atoms with Gasteiger partial charge in [-0.1, -0.05) is 66.6 Å². The smallest absolute Gasteiger partial charge is 0.164 e. The van der Waals surface area contributed by atoms with Crippen molar-refractivity contribution in [3.05, 3.63) is 71.3 Å². The van der Waals surface area contributed by atoms with Crippen molar-refractivity contribution in [2.24, 2.45) is 0 Å². The van der Waals surface area contributed by atoms with E-state index in [1.54, 1.807) is 0 Å². The number of ketones is 2. The van der Waals surface area contributed by atoms with Gasteiger partial charge in [0.05, 0.1) is 0 Å². The monoisotopic (exact) mass is 349 g/mol. The summed E-state index contributed by atoms with van der Waals surface area (Å²) in [5.41, 5.74) is 2.72. The molecule has 1 aliphatic heterocycles. The van der Waals surface area contributed by atoms with Gasteiger partial charge in [0, 0.05) is 36.1 Å². The minimum atomic E-state index is 0.188. The van der Waals surface area contributed by atoms with Crippen LogP contribution >= 0.6 is 0 Å². The summed E-state index contributed by atoms with van der Waals surface area (Å²) < 4.78 is 0. The Bertz CT molecular complexity index is 752. The number of Topliss-reactive ketones (excluding diaryl/α,β-unsaturated/α-hetero) is 2. The predicted octanol–water partition coefficient (Wildman–Crippen LogP) is 4.69. The van der Waals surface area contributed by atoms with E-state index in [0.717, 1.165) is 36.0 Å². The molecule has 0 aromatic heterocycles. The first-order valence-corrected chi connectivity index (χ1v) is 9.44. The maximum Gasteiger partial charge on any atom is 0.164 e. The Balaban J connectivity index is 1.62. The van der Waals surface area contributed by atoms with Crippen molar-refractivity contribution >= 4 is 11.6 Å². The number of benzene rings is 2. The van der Waals surface area contributed by atoms with Crippen molar-refractivity contribution in [1.29, 1.82) is 0 Å². The van der Waals surface area contributed by atoms with E-state index < -0.39 is 0 Å². The van der Waals surface area contributed by atoms with Crippen molar-refractivity contribution in [1.82, 2.24) is 4.90 Å². The van der Waals surface area contributed by atoms with Crippen LogP contribution in [-0.4, -0.2) is 35.6 Å². The second-order valence-electron chi connectivity index (χ2n) is 7.39. The molecular formula is C23H27NO2. The molecule has 1 aliphatic rings. The number of piperidine rings is 1. The van der Waals surface area contributed by atoms with Gasteiger partial charge in [-0.15, -0.1) is 0 Å². The molecule has 136 valence electrons. The van der Waals surface area contributed by atoms with Crippen LogP contribution < -0.4 is 0 Å². The SMILES string of the molecule is Cc1ccc(C(=O)CC2CCCC(CC(=O)c3ccccc3)N2C)cc1. The number of hydrogen-bond donors (Lipinski definition) is 0. The first kappa shape index (κ1) is 18.5. The molecule has 0 radical (unpaired) electrons. The number of likely N-dealkylation sites (tertiary alicyclic amines) is 1. The summed E-state index contributed by atoms with van der Waals surface area (Å²) in [6.45, 7) is 2.03. The highest BCUT2D eigenvalue weighted by Gasteiger charge is 2.30. The zero-order valence-electron chi connectivity index (χ0n) is 15.7. The predicted molar refractivity (Wildman–Crippen MR) is 105 cm³/mol. The van der Waals surface area contributed by atoms with Crippen LogP contribution in [0.1, 0.15) is 58.4 Å². The lowest BCUT2D eigenvalue weighted by atomic mass is 9.88.